The highest BCUT2D eigenvalue weighted by Crippen LogP contribution is 2.37. The molecule has 1 saturated heterocycles. The first-order valence-electron chi connectivity index (χ1n) is 7.89. The van der Waals surface area contributed by atoms with Crippen molar-refractivity contribution >= 4 is 51.7 Å². The maximum atomic E-state index is 12.8. The molecule has 1 heterocycles. The molecule has 1 aliphatic heterocycles. The van der Waals surface area contributed by atoms with Gasteiger partial charge < -0.3 is 9.84 Å². The predicted octanol–water partition coefficient (Wildman–Crippen LogP) is 4.10. The van der Waals surface area contributed by atoms with Crippen LogP contribution in [0.4, 0.5) is 11.4 Å². The molecule has 7 nitrogen and oxygen atoms in total. The SMILES string of the molecule is CCOc1ccc(N2C(=O)/C(=C\c3ccc(O)c([N+](=O)[O-])c3)SC2=S)cc1. The molecular weight excluding hydrogens is 388 g/mol. The zero-order valence-electron chi connectivity index (χ0n) is 14.1. The number of thiocarbonyl (C=S) groups is 1. The second-order valence-corrected chi connectivity index (χ2v) is 7.13. The molecular formula is C18H14N2O5S2. The summed E-state index contributed by atoms with van der Waals surface area (Å²) in [6, 6.07) is 10.9. The van der Waals surface area contributed by atoms with Crippen LogP contribution in [0.25, 0.3) is 6.08 Å². The lowest BCUT2D eigenvalue weighted by molar-refractivity contribution is -0.385. The van der Waals surface area contributed by atoms with Crippen LogP contribution in [0.15, 0.2) is 47.4 Å². The Morgan fingerprint density at radius 1 is 1.30 bits per heavy atom. The molecule has 138 valence electrons. The van der Waals surface area contributed by atoms with Crippen molar-refractivity contribution in [2.45, 2.75) is 6.92 Å². The van der Waals surface area contributed by atoms with Crippen molar-refractivity contribution in [1.82, 2.24) is 0 Å². The molecule has 9 heteroatoms. The van der Waals surface area contributed by atoms with Crippen molar-refractivity contribution < 1.29 is 19.6 Å². The summed E-state index contributed by atoms with van der Waals surface area (Å²) in [7, 11) is 0. The second kappa shape index (κ2) is 7.77. The number of nitro groups is 1. The van der Waals surface area contributed by atoms with E-state index in [9.17, 15) is 20.0 Å². The first-order valence-corrected chi connectivity index (χ1v) is 9.11. The molecule has 1 fully saturated rings. The van der Waals surface area contributed by atoms with E-state index in [0.717, 1.165) is 11.8 Å². The summed E-state index contributed by atoms with van der Waals surface area (Å²) < 4.78 is 5.75. The molecule has 2 aromatic rings. The van der Waals surface area contributed by atoms with Crippen LogP contribution >= 0.6 is 24.0 Å². The van der Waals surface area contributed by atoms with Crippen molar-refractivity contribution in [2.24, 2.45) is 0 Å². The molecule has 0 unspecified atom stereocenters. The van der Waals surface area contributed by atoms with Crippen LogP contribution in [0.2, 0.25) is 0 Å². The minimum atomic E-state index is -0.683. The Balaban J connectivity index is 1.88. The minimum Gasteiger partial charge on any atom is -0.502 e. The van der Waals surface area contributed by atoms with E-state index in [1.165, 1.54) is 29.2 Å². The van der Waals surface area contributed by atoms with Crippen LogP contribution in [0, 0.1) is 10.1 Å². The molecule has 3 rings (SSSR count). The summed E-state index contributed by atoms with van der Waals surface area (Å²) in [5.74, 6) is -0.0531. The van der Waals surface area contributed by atoms with Gasteiger partial charge in [0, 0.05) is 6.07 Å². The zero-order chi connectivity index (χ0) is 19.6. The van der Waals surface area contributed by atoms with Crippen LogP contribution in [-0.2, 0) is 4.79 Å². The van der Waals surface area contributed by atoms with E-state index < -0.39 is 16.4 Å². The number of carbonyl (C=O) groups is 1. The maximum absolute atomic E-state index is 12.8. The first kappa shape index (κ1) is 18.9. The standard InChI is InChI=1S/C18H14N2O5S2/c1-2-25-13-6-4-12(5-7-13)19-17(22)16(27-18(19)26)10-11-3-8-15(21)14(9-11)20(23)24/h3-10,21H,2H2,1H3/b16-10+. The fourth-order valence-corrected chi connectivity index (χ4v) is 3.78. The molecule has 0 spiro atoms. The van der Waals surface area contributed by atoms with E-state index in [4.69, 9.17) is 17.0 Å². The van der Waals surface area contributed by atoms with Crippen molar-refractivity contribution in [3.63, 3.8) is 0 Å². The number of ether oxygens (including phenoxy) is 1. The summed E-state index contributed by atoms with van der Waals surface area (Å²) >= 11 is 6.42. The number of nitro benzene ring substituents is 1. The van der Waals surface area contributed by atoms with Crippen LogP contribution in [0.5, 0.6) is 11.5 Å². The Bertz CT molecular complexity index is 957. The number of rotatable bonds is 5. The van der Waals surface area contributed by atoms with E-state index in [2.05, 4.69) is 0 Å². The van der Waals surface area contributed by atoms with Gasteiger partial charge in [0.2, 0.25) is 0 Å². The third kappa shape index (κ3) is 3.93. The normalized spacial score (nSPS) is 15.4. The van der Waals surface area contributed by atoms with Crippen LogP contribution < -0.4 is 9.64 Å². The van der Waals surface area contributed by atoms with Gasteiger partial charge in [0.25, 0.3) is 5.91 Å². The highest BCUT2D eigenvalue weighted by atomic mass is 32.2. The number of phenolic OH excluding ortho intramolecular Hbond substituents is 1. The summed E-state index contributed by atoms with van der Waals surface area (Å²) in [6.45, 7) is 2.43. The zero-order valence-corrected chi connectivity index (χ0v) is 15.8. The minimum absolute atomic E-state index is 0.315. The lowest BCUT2D eigenvalue weighted by Gasteiger charge is -2.15. The number of hydrogen-bond acceptors (Lipinski definition) is 7. The van der Waals surface area contributed by atoms with Gasteiger partial charge in [-0.3, -0.25) is 19.8 Å². The Morgan fingerprint density at radius 2 is 2.00 bits per heavy atom. The molecule has 1 amide bonds. The van der Waals surface area contributed by atoms with Crippen LogP contribution in [-0.4, -0.2) is 26.9 Å². The summed E-state index contributed by atoms with van der Waals surface area (Å²) in [5.41, 5.74) is 0.610. The highest BCUT2D eigenvalue weighted by Gasteiger charge is 2.33. The second-order valence-electron chi connectivity index (χ2n) is 5.45. The number of nitrogens with zero attached hydrogens (tertiary/aromatic N) is 2. The van der Waals surface area contributed by atoms with Gasteiger partial charge in [0.05, 0.1) is 22.1 Å². The van der Waals surface area contributed by atoms with Gasteiger partial charge in [0.15, 0.2) is 10.1 Å². The summed E-state index contributed by atoms with van der Waals surface area (Å²) in [4.78, 5) is 24.8. The maximum Gasteiger partial charge on any atom is 0.311 e. The Morgan fingerprint density at radius 3 is 2.63 bits per heavy atom. The third-order valence-electron chi connectivity index (χ3n) is 3.69. The van der Waals surface area contributed by atoms with Gasteiger partial charge >= 0.3 is 5.69 Å². The highest BCUT2D eigenvalue weighted by molar-refractivity contribution is 8.27. The topological polar surface area (TPSA) is 92.9 Å². The molecule has 2 aromatic carbocycles. The number of aromatic hydroxyl groups is 1. The van der Waals surface area contributed by atoms with Gasteiger partial charge in [-0.1, -0.05) is 30.0 Å². The molecule has 1 aliphatic rings. The summed E-state index contributed by atoms with van der Waals surface area (Å²) in [6.07, 6.45) is 1.51. The number of hydrogen-bond donors (Lipinski definition) is 1. The number of thioether (sulfide) groups is 1. The number of phenols is 1. The van der Waals surface area contributed by atoms with Crippen molar-refractivity contribution in [3.8, 4) is 11.5 Å². The molecule has 1 N–H and O–H groups in total. The van der Waals surface area contributed by atoms with E-state index in [1.54, 1.807) is 24.3 Å². The molecule has 0 saturated carbocycles. The third-order valence-corrected chi connectivity index (χ3v) is 5.00. The first-order chi connectivity index (χ1) is 12.9. The molecule has 0 radical (unpaired) electrons. The fraction of sp³-hybridized carbons (Fsp3) is 0.111. The van der Waals surface area contributed by atoms with E-state index >= 15 is 0 Å². The number of carbonyl (C=O) groups excluding carboxylic acids is 1. The Hall–Kier alpha value is -2.91. The average molecular weight is 402 g/mol. The van der Waals surface area contributed by atoms with Crippen molar-refractivity contribution in [1.29, 1.82) is 0 Å². The van der Waals surface area contributed by atoms with Gasteiger partial charge in [-0.05, 0) is 48.9 Å². The number of anilines is 1. The lowest BCUT2D eigenvalue weighted by atomic mass is 10.1. The van der Waals surface area contributed by atoms with Crippen LogP contribution in [0.1, 0.15) is 12.5 Å². The Labute approximate surface area is 164 Å². The van der Waals surface area contributed by atoms with Gasteiger partial charge in [-0.25, -0.2) is 0 Å². The molecule has 0 aromatic heterocycles. The van der Waals surface area contributed by atoms with Crippen LogP contribution in [0.3, 0.4) is 0 Å². The van der Waals surface area contributed by atoms with E-state index in [-0.39, 0.29) is 5.91 Å². The van der Waals surface area contributed by atoms with E-state index in [1.807, 2.05) is 6.92 Å². The molecule has 27 heavy (non-hydrogen) atoms. The van der Waals surface area contributed by atoms with E-state index in [0.29, 0.717) is 32.8 Å². The largest absolute Gasteiger partial charge is 0.502 e. The Kier molecular flexibility index (Phi) is 5.43. The fourth-order valence-electron chi connectivity index (χ4n) is 2.48. The molecule has 0 bridgehead atoms. The van der Waals surface area contributed by atoms with Crippen molar-refractivity contribution in [2.75, 3.05) is 11.5 Å². The number of amides is 1. The molecule has 0 aliphatic carbocycles. The molecule has 0 atom stereocenters. The summed E-state index contributed by atoms with van der Waals surface area (Å²) in [5, 5.41) is 20.5. The monoisotopic (exact) mass is 402 g/mol. The van der Waals surface area contributed by atoms with Crippen molar-refractivity contribution in [3.05, 3.63) is 63.0 Å². The smallest absolute Gasteiger partial charge is 0.311 e. The quantitative estimate of drug-likeness (QED) is 0.348. The number of benzene rings is 2. The van der Waals surface area contributed by atoms with Gasteiger partial charge in [-0.2, -0.15) is 0 Å². The average Bonchev–Trinajstić information content (AvgIpc) is 2.91. The predicted molar refractivity (Wildman–Crippen MR) is 108 cm³/mol. The van der Waals surface area contributed by atoms with Gasteiger partial charge in [0.1, 0.15) is 5.75 Å². The van der Waals surface area contributed by atoms with Gasteiger partial charge in [-0.15, -0.1) is 0 Å². The lowest BCUT2D eigenvalue weighted by Crippen LogP contribution is -2.27.